The summed E-state index contributed by atoms with van der Waals surface area (Å²) in [4.78, 5) is 46.7. The van der Waals surface area contributed by atoms with E-state index in [1.807, 2.05) is 0 Å². The fraction of sp³-hybridized carbons (Fsp3) is 0.0588. The molecule has 2 rings (SSSR count). The minimum absolute atomic E-state index is 0.160. The maximum absolute atomic E-state index is 11.9. The number of rotatable bonds is 3. The monoisotopic (exact) mass is 280 g/mol. The summed E-state index contributed by atoms with van der Waals surface area (Å²) in [7, 11) is 0. The Balaban J connectivity index is 2.52. The van der Waals surface area contributed by atoms with Crippen LogP contribution in [0.4, 0.5) is 0 Å². The average Bonchev–Trinajstić information content (AvgIpc) is 2.46. The van der Waals surface area contributed by atoms with Gasteiger partial charge in [0.1, 0.15) is 0 Å². The van der Waals surface area contributed by atoms with E-state index < -0.39 is 0 Å². The van der Waals surface area contributed by atoms with Crippen molar-refractivity contribution in [1.29, 1.82) is 0 Å². The lowest BCUT2D eigenvalue weighted by Gasteiger charge is -2.12. The van der Waals surface area contributed by atoms with Crippen molar-refractivity contribution in [3.05, 3.63) is 71.4 Å². The van der Waals surface area contributed by atoms with Crippen LogP contribution in [0.1, 0.15) is 6.92 Å². The normalized spacial score (nSPS) is 19.3. The van der Waals surface area contributed by atoms with Crippen molar-refractivity contribution in [2.75, 3.05) is 0 Å². The Kier molecular flexibility index (Phi) is 3.89. The Labute approximate surface area is 121 Å². The molecule has 0 saturated carbocycles. The molecular formula is C17H12O4. The topological polar surface area (TPSA) is 68.3 Å². The summed E-state index contributed by atoms with van der Waals surface area (Å²) in [5, 5.41) is 0. The van der Waals surface area contributed by atoms with Gasteiger partial charge in [0, 0.05) is 16.7 Å². The van der Waals surface area contributed by atoms with Crippen molar-refractivity contribution in [1.82, 2.24) is 0 Å². The zero-order valence-corrected chi connectivity index (χ0v) is 11.4. The average molecular weight is 280 g/mol. The molecule has 21 heavy (non-hydrogen) atoms. The summed E-state index contributed by atoms with van der Waals surface area (Å²) in [6, 6.07) is 0. The summed E-state index contributed by atoms with van der Waals surface area (Å²) in [5.74, 6) is -1.24. The minimum Gasteiger partial charge on any atom is -0.290 e. The van der Waals surface area contributed by atoms with E-state index in [0.29, 0.717) is 11.1 Å². The highest BCUT2D eigenvalue weighted by atomic mass is 16.1. The highest BCUT2D eigenvalue weighted by molar-refractivity contribution is 6.22. The maximum Gasteiger partial charge on any atom is 0.186 e. The molecule has 0 N–H and O–H groups in total. The van der Waals surface area contributed by atoms with Crippen molar-refractivity contribution in [2.24, 2.45) is 0 Å². The van der Waals surface area contributed by atoms with Crippen LogP contribution in [-0.2, 0) is 19.2 Å². The molecule has 4 heteroatoms. The van der Waals surface area contributed by atoms with Crippen LogP contribution in [0.15, 0.2) is 71.4 Å². The first-order chi connectivity index (χ1) is 9.93. The summed E-state index contributed by atoms with van der Waals surface area (Å²) in [5.41, 5.74) is 0.997. The van der Waals surface area contributed by atoms with Crippen LogP contribution >= 0.6 is 0 Å². The van der Waals surface area contributed by atoms with Crippen molar-refractivity contribution < 1.29 is 19.2 Å². The molecule has 0 saturated heterocycles. The van der Waals surface area contributed by atoms with Crippen molar-refractivity contribution in [3.8, 4) is 0 Å². The van der Waals surface area contributed by atoms with Gasteiger partial charge >= 0.3 is 0 Å². The zero-order valence-electron chi connectivity index (χ0n) is 11.4. The van der Waals surface area contributed by atoms with E-state index in [-0.39, 0.29) is 34.3 Å². The molecule has 0 aromatic rings. The van der Waals surface area contributed by atoms with Crippen molar-refractivity contribution in [2.45, 2.75) is 6.92 Å². The van der Waals surface area contributed by atoms with Crippen LogP contribution in [0.2, 0.25) is 0 Å². The van der Waals surface area contributed by atoms with Gasteiger partial charge in [0.25, 0.3) is 0 Å². The fourth-order valence-electron chi connectivity index (χ4n) is 2.00. The molecule has 0 atom stereocenters. The van der Waals surface area contributed by atoms with Crippen LogP contribution in [-0.4, -0.2) is 23.1 Å². The molecule has 0 spiro atoms. The molecular weight excluding hydrogens is 268 g/mol. The highest BCUT2D eigenvalue weighted by Crippen LogP contribution is 2.22. The molecule has 0 aliphatic heterocycles. The molecule has 2 aliphatic carbocycles. The molecule has 0 aromatic heterocycles. The molecule has 4 nitrogen and oxygen atoms in total. The van der Waals surface area contributed by atoms with Gasteiger partial charge in [0.15, 0.2) is 23.1 Å². The number of carbonyl (C=O) groups is 4. The molecule has 0 bridgehead atoms. The van der Waals surface area contributed by atoms with Crippen LogP contribution in [0.5, 0.6) is 0 Å². The second-order valence-corrected chi connectivity index (χ2v) is 4.56. The van der Waals surface area contributed by atoms with E-state index in [2.05, 4.69) is 6.58 Å². The Hall–Kier alpha value is -2.88. The molecule has 0 radical (unpaired) electrons. The summed E-state index contributed by atoms with van der Waals surface area (Å²) >= 11 is 0. The van der Waals surface area contributed by atoms with Crippen LogP contribution in [0.25, 0.3) is 0 Å². The molecule has 0 aromatic carbocycles. The summed E-state index contributed by atoms with van der Waals surface area (Å²) in [6.07, 6.45) is 8.73. The Bertz CT molecular complexity index is 737. The van der Waals surface area contributed by atoms with Crippen LogP contribution in [0.3, 0.4) is 0 Å². The molecule has 0 fully saturated rings. The van der Waals surface area contributed by atoms with E-state index in [1.165, 1.54) is 42.5 Å². The summed E-state index contributed by atoms with van der Waals surface area (Å²) < 4.78 is 0. The number of carbonyl (C=O) groups excluding carboxylic acids is 4. The number of hydrogen-bond donors (Lipinski definition) is 0. The minimum atomic E-state index is -0.343. The van der Waals surface area contributed by atoms with Crippen LogP contribution < -0.4 is 0 Å². The number of allylic oxidation sites excluding steroid dienone is 11. The van der Waals surface area contributed by atoms with Gasteiger partial charge in [0.05, 0.1) is 0 Å². The predicted octanol–water partition coefficient (Wildman–Crippen LogP) is 1.76. The Morgan fingerprint density at radius 2 is 1.57 bits per heavy atom. The molecule has 0 heterocycles. The van der Waals surface area contributed by atoms with Gasteiger partial charge in [-0.05, 0) is 49.0 Å². The van der Waals surface area contributed by atoms with E-state index >= 15 is 0 Å². The van der Waals surface area contributed by atoms with Crippen molar-refractivity contribution >= 4 is 23.1 Å². The third kappa shape index (κ3) is 2.84. The zero-order chi connectivity index (χ0) is 15.6. The van der Waals surface area contributed by atoms with Gasteiger partial charge in [-0.25, -0.2) is 0 Å². The fourth-order valence-corrected chi connectivity index (χ4v) is 2.00. The van der Waals surface area contributed by atoms with Gasteiger partial charge in [-0.1, -0.05) is 12.7 Å². The largest absolute Gasteiger partial charge is 0.290 e. The molecule has 104 valence electrons. The molecule has 0 amide bonds. The lowest BCUT2D eigenvalue weighted by Crippen LogP contribution is -2.13. The highest BCUT2D eigenvalue weighted by Gasteiger charge is 2.20. The van der Waals surface area contributed by atoms with Gasteiger partial charge in [0.2, 0.25) is 0 Å². The second kappa shape index (κ2) is 5.63. The van der Waals surface area contributed by atoms with E-state index in [0.717, 1.165) is 0 Å². The third-order valence-corrected chi connectivity index (χ3v) is 3.21. The Morgan fingerprint density at radius 1 is 0.952 bits per heavy atom. The summed E-state index contributed by atoms with van der Waals surface area (Å²) in [6.45, 7) is 5.14. The van der Waals surface area contributed by atoms with Crippen LogP contribution in [0, 0.1) is 0 Å². The first kappa shape index (κ1) is 14.5. The number of ketones is 4. The van der Waals surface area contributed by atoms with E-state index in [1.54, 1.807) is 6.92 Å². The van der Waals surface area contributed by atoms with Gasteiger partial charge < -0.3 is 0 Å². The van der Waals surface area contributed by atoms with E-state index in [9.17, 15) is 19.2 Å². The standard InChI is InChI=1S/C17H12O4/c1-3-11(14-9-12(18)4-5-17(14)21)8-13-10(2)15(19)6-7-16(13)20/h3-9H,1H2,2H3/b11-8+. The smallest absolute Gasteiger partial charge is 0.186 e. The first-order valence-corrected chi connectivity index (χ1v) is 6.24. The SMILES string of the molecule is C=C/C(=C\C1=C(C)C(=O)C=CC1=O)C1=CC(=O)C=CC1=O. The van der Waals surface area contributed by atoms with Crippen molar-refractivity contribution in [3.63, 3.8) is 0 Å². The third-order valence-electron chi connectivity index (χ3n) is 3.21. The van der Waals surface area contributed by atoms with Gasteiger partial charge in [-0.3, -0.25) is 19.2 Å². The molecule has 0 unspecified atom stereocenters. The lowest BCUT2D eigenvalue weighted by atomic mass is 9.90. The van der Waals surface area contributed by atoms with E-state index in [4.69, 9.17) is 0 Å². The predicted molar refractivity (Wildman–Crippen MR) is 77.4 cm³/mol. The quantitative estimate of drug-likeness (QED) is 0.583. The van der Waals surface area contributed by atoms with Gasteiger partial charge in [-0.2, -0.15) is 0 Å². The second-order valence-electron chi connectivity index (χ2n) is 4.56. The number of hydrogen-bond acceptors (Lipinski definition) is 4. The Morgan fingerprint density at radius 3 is 2.24 bits per heavy atom. The first-order valence-electron chi connectivity index (χ1n) is 6.24. The molecule has 2 aliphatic rings. The maximum atomic E-state index is 11.9. The van der Waals surface area contributed by atoms with Gasteiger partial charge in [-0.15, -0.1) is 0 Å². The lowest BCUT2D eigenvalue weighted by molar-refractivity contribution is -0.115.